The Hall–Kier alpha value is -0.0400. The van der Waals surface area contributed by atoms with Gasteiger partial charge in [0.1, 0.15) is 5.82 Å². The molecule has 1 aromatic heterocycles. The summed E-state index contributed by atoms with van der Waals surface area (Å²) in [6, 6.07) is 6.06. The predicted octanol–water partition coefficient (Wildman–Crippen LogP) is 5.41. The molecule has 0 spiro atoms. The molecule has 0 fully saturated rings. The Morgan fingerprint density at radius 2 is 1.88 bits per heavy atom. The van der Waals surface area contributed by atoms with E-state index in [4.69, 9.17) is 0 Å². The van der Waals surface area contributed by atoms with Crippen LogP contribution in [0.5, 0.6) is 0 Å². The van der Waals surface area contributed by atoms with E-state index in [2.05, 4.69) is 47.8 Å². The molecular weight excluding hydrogens is 439 g/mol. The molecule has 17 heavy (non-hydrogen) atoms. The van der Waals surface area contributed by atoms with Gasteiger partial charge in [-0.3, -0.25) is 4.79 Å². The summed E-state index contributed by atoms with van der Waals surface area (Å²) < 4.78 is 15.3. The Balaban J connectivity index is 2.44. The van der Waals surface area contributed by atoms with Crippen molar-refractivity contribution in [3.8, 4) is 0 Å². The molecule has 0 saturated carbocycles. The Bertz CT molecular complexity index is 594. The average Bonchev–Trinajstić information content (AvgIpc) is 2.61. The van der Waals surface area contributed by atoms with E-state index in [0.29, 0.717) is 15.6 Å². The van der Waals surface area contributed by atoms with Gasteiger partial charge in [0.05, 0.1) is 12.0 Å². The third-order valence-electron chi connectivity index (χ3n) is 2.08. The van der Waals surface area contributed by atoms with Crippen LogP contribution in [0, 0.1) is 5.82 Å². The Labute approximate surface area is 126 Å². The lowest BCUT2D eigenvalue weighted by Crippen LogP contribution is -2.01. The molecule has 0 bridgehead atoms. The third-order valence-corrected chi connectivity index (χ3v) is 5.07. The normalized spacial score (nSPS) is 10.6. The van der Waals surface area contributed by atoms with E-state index in [9.17, 15) is 9.18 Å². The Kier molecular flexibility index (Phi) is 4.18. The second kappa shape index (κ2) is 5.30. The van der Waals surface area contributed by atoms with Gasteiger partial charge in [-0.1, -0.05) is 0 Å². The van der Waals surface area contributed by atoms with E-state index in [1.165, 1.54) is 23.5 Å². The monoisotopic (exact) mass is 440 g/mol. The molecule has 0 unspecified atom stereocenters. The van der Waals surface area contributed by atoms with Gasteiger partial charge >= 0.3 is 0 Å². The van der Waals surface area contributed by atoms with Crippen molar-refractivity contribution in [3.05, 3.63) is 53.3 Å². The van der Waals surface area contributed by atoms with Gasteiger partial charge in [0.15, 0.2) is 5.78 Å². The lowest BCUT2D eigenvalue weighted by atomic mass is 10.1. The highest BCUT2D eigenvalue weighted by atomic mass is 79.9. The molecule has 1 aromatic carbocycles. The molecule has 6 heteroatoms. The molecule has 0 N–H and O–H groups in total. The topological polar surface area (TPSA) is 17.1 Å². The maximum absolute atomic E-state index is 13.3. The highest BCUT2D eigenvalue weighted by molar-refractivity contribution is 9.12. The second-order valence-electron chi connectivity index (χ2n) is 3.20. The van der Waals surface area contributed by atoms with Crippen LogP contribution in [0.4, 0.5) is 4.39 Å². The van der Waals surface area contributed by atoms with Crippen LogP contribution in [-0.2, 0) is 0 Å². The molecule has 0 aliphatic heterocycles. The van der Waals surface area contributed by atoms with Crippen molar-refractivity contribution in [1.29, 1.82) is 0 Å². The smallest absolute Gasteiger partial charge is 0.195 e. The van der Waals surface area contributed by atoms with Gasteiger partial charge in [0.2, 0.25) is 0 Å². The number of halogens is 4. The molecule has 2 aromatic rings. The summed E-state index contributed by atoms with van der Waals surface area (Å²) in [5.41, 5.74) is 0.861. The van der Waals surface area contributed by atoms with Crippen LogP contribution in [0.25, 0.3) is 0 Å². The lowest BCUT2D eigenvalue weighted by molar-refractivity contribution is 0.103. The maximum Gasteiger partial charge on any atom is 0.195 e. The lowest BCUT2D eigenvalue weighted by Gasteiger charge is -2.01. The number of hydrogen-bond acceptors (Lipinski definition) is 2. The van der Waals surface area contributed by atoms with Gasteiger partial charge in [0.25, 0.3) is 0 Å². The molecule has 0 amide bonds. The maximum atomic E-state index is 13.3. The van der Waals surface area contributed by atoms with Crippen molar-refractivity contribution < 1.29 is 9.18 Å². The number of ketones is 1. The van der Waals surface area contributed by atoms with Crippen LogP contribution < -0.4 is 0 Å². The number of carbonyl (C=O) groups excluding carboxylic acids is 1. The van der Waals surface area contributed by atoms with Gasteiger partial charge in [-0.25, -0.2) is 4.39 Å². The fourth-order valence-electron chi connectivity index (χ4n) is 1.29. The van der Waals surface area contributed by atoms with Crippen molar-refractivity contribution in [2.75, 3.05) is 0 Å². The number of hydrogen-bond donors (Lipinski definition) is 0. The highest BCUT2D eigenvalue weighted by Crippen LogP contribution is 2.33. The van der Waals surface area contributed by atoms with Crippen LogP contribution in [-0.4, -0.2) is 5.78 Å². The first-order chi connectivity index (χ1) is 7.99. The molecule has 0 aliphatic rings. The molecular formula is C11H4Br3FOS. The van der Waals surface area contributed by atoms with Crippen molar-refractivity contribution in [1.82, 2.24) is 0 Å². The predicted molar refractivity (Wildman–Crippen MR) is 77.3 cm³/mol. The minimum Gasteiger partial charge on any atom is -0.289 e. The van der Waals surface area contributed by atoms with Crippen molar-refractivity contribution in [2.45, 2.75) is 0 Å². The SMILES string of the molecule is O=C(c1ccc(Br)c(F)c1)c1cc(Br)sc1Br. The average molecular weight is 443 g/mol. The fraction of sp³-hybridized carbons (Fsp3) is 0. The van der Waals surface area contributed by atoms with E-state index >= 15 is 0 Å². The largest absolute Gasteiger partial charge is 0.289 e. The van der Waals surface area contributed by atoms with Gasteiger partial charge < -0.3 is 0 Å². The summed E-state index contributed by atoms with van der Waals surface area (Å²) in [6.45, 7) is 0. The minimum absolute atomic E-state index is 0.203. The first kappa shape index (κ1) is 13.4. The van der Waals surface area contributed by atoms with Gasteiger partial charge in [-0.2, -0.15) is 0 Å². The molecule has 0 aliphatic carbocycles. The fourth-order valence-corrected chi connectivity index (χ4v) is 4.33. The Morgan fingerprint density at radius 3 is 2.41 bits per heavy atom. The molecule has 0 radical (unpaired) electrons. The van der Waals surface area contributed by atoms with E-state index in [1.54, 1.807) is 12.1 Å². The van der Waals surface area contributed by atoms with Crippen molar-refractivity contribution in [3.63, 3.8) is 0 Å². The summed E-state index contributed by atoms with van der Waals surface area (Å²) in [4.78, 5) is 12.1. The van der Waals surface area contributed by atoms with Crippen LogP contribution in [0.3, 0.4) is 0 Å². The molecule has 0 saturated heterocycles. The zero-order valence-electron chi connectivity index (χ0n) is 8.14. The zero-order valence-corrected chi connectivity index (χ0v) is 13.7. The number of thiophene rings is 1. The molecule has 88 valence electrons. The zero-order chi connectivity index (χ0) is 12.6. The molecule has 0 atom stereocenters. The van der Waals surface area contributed by atoms with Gasteiger partial charge in [-0.05, 0) is 72.1 Å². The summed E-state index contributed by atoms with van der Waals surface area (Å²) >= 11 is 11.1. The third kappa shape index (κ3) is 2.86. The van der Waals surface area contributed by atoms with Gasteiger partial charge in [0, 0.05) is 11.1 Å². The standard InChI is InChI=1S/C11H4Br3FOS/c12-7-2-1-5(3-8(7)15)10(16)6-4-9(13)17-11(6)14/h1-4H. The van der Waals surface area contributed by atoms with Gasteiger partial charge in [-0.15, -0.1) is 11.3 Å². The molecule has 1 nitrogen and oxygen atoms in total. The number of benzene rings is 1. The molecule has 2 rings (SSSR count). The van der Waals surface area contributed by atoms with Crippen LogP contribution in [0.15, 0.2) is 36.3 Å². The molecule has 1 heterocycles. The van der Waals surface area contributed by atoms with Crippen LogP contribution in [0.1, 0.15) is 15.9 Å². The Morgan fingerprint density at radius 1 is 1.18 bits per heavy atom. The minimum atomic E-state index is -0.443. The van der Waals surface area contributed by atoms with E-state index < -0.39 is 5.82 Å². The summed E-state index contributed by atoms with van der Waals surface area (Å²) in [7, 11) is 0. The first-order valence-corrected chi connectivity index (χ1v) is 7.63. The summed E-state index contributed by atoms with van der Waals surface area (Å²) in [5.74, 6) is -0.647. The summed E-state index contributed by atoms with van der Waals surface area (Å²) in [5, 5.41) is 0. The summed E-state index contributed by atoms with van der Waals surface area (Å²) in [6.07, 6.45) is 0. The quantitative estimate of drug-likeness (QED) is 0.569. The highest BCUT2D eigenvalue weighted by Gasteiger charge is 2.16. The van der Waals surface area contributed by atoms with E-state index in [1.807, 2.05) is 0 Å². The first-order valence-electron chi connectivity index (χ1n) is 4.43. The van der Waals surface area contributed by atoms with Crippen LogP contribution in [0.2, 0.25) is 0 Å². The van der Waals surface area contributed by atoms with Crippen molar-refractivity contribution >= 4 is 64.9 Å². The number of carbonyl (C=O) groups is 1. The van der Waals surface area contributed by atoms with E-state index in [-0.39, 0.29) is 5.78 Å². The van der Waals surface area contributed by atoms with Crippen molar-refractivity contribution in [2.24, 2.45) is 0 Å². The van der Waals surface area contributed by atoms with Crippen LogP contribution >= 0.6 is 59.1 Å². The number of rotatable bonds is 2. The second-order valence-corrected chi connectivity index (χ2v) is 7.80. The van der Waals surface area contributed by atoms with E-state index in [0.717, 1.165) is 7.57 Å².